The first-order valence-corrected chi connectivity index (χ1v) is 6.28. The van der Waals surface area contributed by atoms with Gasteiger partial charge in [-0.2, -0.15) is 0 Å². The van der Waals surface area contributed by atoms with Crippen molar-refractivity contribution in [3.05, 3.63) is 29.6 Å². The molecule has 0 fully saturated rings. The molecule has 1 heterocycles. The molecule has 1 aromatic rings. The van der Waals surface area contributed by atoms with Crippen molar-refractivity contribution in [1.29, 1.82) is 0 Å². The van der Waals surface area contributed by atoms with Crippen molar-refractivity contribution >= 4 is 12.2 Å². The second-order valence-electron chi connectivity index (χ2n) is 4.38. The highest BCUT2D eigenvalue weighted by molar-refractivity contribution is 5.80. The fourth-order valence-corrected chi connectivity index (χ4v) is 2.13. The molecule has 0 aliphatic heterocycles. The minimum absolute atomic E-state index is 0.950. The Balaban J connectivity index is 2.11. The lowest BCUT2D eigenvalue weighted by atomic mass is 10.0. The third-order valence-corrected chi connectivity index (χ3v) is 3.03. The molecule has 5 nitrogen and oxygen atoms in total. The lowest BCUT2D eigenvalue weighted by Crippen LogP contribution is -2.02. The monoisotopic (exact) mass is 247 g/mol. The summed E-state index contributed by atoms with van der Waals surface area (Å²) in [7, 11) is 0. The zero-order valence-corrected chi connectivity index (χ0v) is 10.2. The standard InChI is InChI=1S/C13H17N3O2/c17-13(18)9-5-6-10-16-12-8-4-2-1-3-7-11(12)14-15-16/h5-6,9-10H,1-4,7-8H2,(H,17,18)/b9-5+,10-6+. The summed E-state index contributed by atoms with van der Waals surface area (Å²) in [5.74, 6) is -0.950. The number of carbonyl (C=O) groups is 1. The first-order valence-electron chi connectivity index (χ1n) is 6.28. The molecule has 0 atom stereocenters. The molecule has 0 bridgehead atoms. The van der Waals surface area contributed by atoms with Gasteiger partial charge in [-0.3, -0.25) is 0 Å². The third-order valence-electron chi connectivity index (χ3n) is 3.03. The van der Waals surface area contributed by atoms with Gasteiger partial charge in [-0.25, -0.2) is 9.48 Å². The topological polar surface area (TPSA) is 68.0 Å². The fraction of sp³-hybridized carbons (Fsp3) is 0.462. The zero-order chi connectivity index (χ0) is 12.8. The number of nitrogens with zero attached hydrogens (tertiary/aromatic N) is 3. The number of aliphatic carboxylic acids is 1. The molecule has 96 valence electrons. The molecule has 0 amide bonds. The predicted molar refractivity (Wildman–Crippen MR) is 68.0 cm³/mol. The van der Waals surface area contributed by atoms with Crippen LogP contribution in [-0.2, 0) is 17.6 Å². The van der Waals surface area contributed by atoms with Crippen molar-refractivity contribution in [2.75, 3.05) is 0 Å². The van der Waals surface area contributed by atoms with Crippen LogP contribution in [0.3, 0.4) is 0 Å². The van der Waals surface area contributed by atoms with Gasteiger partial charge in [-0.15, -0.1) is 5.10 Å². The molecule has 0 saturated heterocycles. The third kappa shape index (κ3) is 3.29. The Bertz CT molecular complexity index is 475. The van der Waals surface area contributed by atoms with Crippen molar-refractivity contribution in [2.24, 2.45) is 0 Å². The Morgan fingerprint density at radius 1 is 1.17 bits per heavy atom. The average molecular weight is 247 g/mol. The lowest BCUT2D eigenvalue weighted by Gasteiger charge is -2.08. The number of aryl methyl sites for hydroxylation is 1. The Labute approximate surface area is 106 Å². The summed E-state index contributed by atoms with van der Waals surface area (Å²) >= 11 is 0. The smallest absolute Gasteiger partial charge is 0.328 e. The Kier molecular flexibility index (Phi) is 4.28. The van der Waals surface area contributed by atoms with Gasteiger partial charge in [0.05, 0.1) is 11.4 Å². The first-order chi connectivity index (χ1) is 8.77. The van der Waals surface area contributed by atoms with Crippen LogP contribution in [0.5, 0.6) is 0 Å². The minimum Gasteiger partial charge on any atom is -0.478 e. The van der Waals surface area contributed by atoms with Gasteiger partial charge in [0.25, 0.3) is 0 Å². The SMILES string of the molecule is O=C(O)/C=C/C=C/n1nnc2c1CCCCCC2. The van der Waals surface area contributed by atoms with E-state index in [-0.39, 0.29) is 0 Å². The van der Waals surface area contributed by atoms with E-state index in [1.807, 2.05) is 0 Å². The number of hydrogen-bond acceptors (Lipinski definition) is 3. The van der Waals surface area contributed by atoms with Crippen LogP contribution in [0.2, 0.25) is 0 Å². The quantitative estimate of drug-likeness (QED) is 0.655. The van der Waals surface area contributed by atoms with Crippen molar-refractivity contribution in [2.45, 2.75) is 38.5 Å². The molecule has 0 saturated carbocycles. The van der Waals surface area contributed by atoms with Crippen LogP contribution in [-0.4, -0.2) is 26.1 Å². The predicted octanol–water partition coefficient (Wildman–Crippen LogP) is 2.05. The number of hydrogen-bond donors (Lipinski definition) is 1. The molecule has 1 aromatic heterocycles. The van der Waals surface area contributed by atoms with Gasteiger partial charge in [-0.05, 0) is 31.8 Å². The number of fused-ring (bicyclic) bond motifs is 1. The van der Waals surface area contributed by atoms with Crippen molar-refractivity contribution in [3.63, 3.8) is 0 Å². The summed E-state index contributed by atoms with van der Waals surface area (Å²) in [5, 5.41) is 16.8. The molecule has 0 radical (unpaired) electrons. The lowest BCUT2D eigenvalue weighted by molar-refractivity contribution is -0.131. The molecule has 1 aliphatic rings. The van der Waals surface area contributed by atoms with Gasteiger partial charge < -0.3 is 5.11 Å². The number of carboxylic acid groups (broad SMARTS) is 1. The maximum atomic E-state index is 10.3. The maximum absolute atomic E-state index is 10.3. The van der Waals surface area contributed by atoms with Crippen molar-refractivity contribution in [3.8, 4) is 0 Å². The summed E-state index contributed by atoms with van der Waals surface area (Å²) in [6.07, 6.45) is 12.9. The fourth-order valence-electron chi connectivity index (χ4n) is 2.13. The normalized spacial score (nSPS) is 16.7. The Hall–Kier alpha value is -1.91. The number of rotatable bonds is 3. The molecule has 2 rings (SSSR count). The van der Waals surface area contributed by atoms with Gasteiger partial charge in [0.1, 0.15) is 0 Å². The van der Waals surface area contributed by atoms with E-state index in [0.717, 1.165) is 30.3 Å². The van der Waals surface area contributed by atoms with Crippen LogP contribution in [0.1, 0.15) is 37.1 Å². The van der Waals surface area contributed by atoms with Crippen LogP contribution < -0.4 is 0 Å². The zero-order valence-electron chi connectivity index (χ0n) is 10.2. The highest BCUT2D eigenvalue weighted by Crippen LogP contribution is 2.18. The van der Waals surface area contributed by atoms with E-state index < -0.39 is 5.97 Å². The van der Waals surface area contributed by atoms with E-state index in [1.54, 1.807) is 17.0 Å². The van der Waals surface area contributed by atoms with Gasteiger partial charge in [0, 0.05) is 12.3 Å². The van der Waals surface area contributed by atoms with E-state index in [2.05, 4.69) is 10.3 Å². The molecular formula is C13H17N3O2. The summed E-state index contributed by atoms with van der Waals surface area (Å²) in [6, 6.07) is 0. The van der Waals surface area contributed by atoms with E-state index in [4.69, 9.17) is 5.11 Å². The van der Waals surface area contributed by atoms with Gasteiger partial charge >= 0.3 is 5.97 Å². The largest absolute Gasteiger partial charge is 0.478 e. The van der Waals surface area contributed by atoms with Crippen LogP contribution in [0.25, 0.3) is 6.20 Å². The van der Waals surface area contributed by atoms with E-state index in [1.165, 1.54) is 31.8 Å². The maximum Gasteiger partial charge on any atom is 0.328 e. The minimum atomic E-state index is -0.950. The second kappa shape index (κ2) is 6.14. The molecule has 18 heavy (non-hydrogen) atoms. The average Bonchev–Trinajstić information content (AvgIpc) is 2.66. The summed E-state index contributed by atoms with van der Waals surface area (Å²) < 4.78 is 1.76. The van der Waals surface area contributed by atoms with Crippen LogP contribution in [0.4, 0.5) is 0 Å². The van der Waals surface area contributed by atoms with Gasteiger partial charge in [-0.1, -0.05) is 24.1 Å². The number of allylic oxidation sites excluding steroid dienone is 2. The van der Waals surface area contributed by atoms with Crippen molar-refractivity contribution < 1.29 is 9.90 Å². The molecule has 5 heteroatoms. The van der Waals surface area contributed by atoms with Crippen LogP contribution >= 0.6 is 0 Å². The van der Waals surface area contributed by atoms with E-state index in [9.17, 15) is 4.79 Å². The number of aromatic nitrogens is 3. The van der Waals surface area contributed by atoms with E-state index in [0.29, 0.717) is 0 Å². The molecule has 0 spiro atoms. The van der Waals surface area contributed by atoms with Crippen molar-refractivity contribution in [1.82, 2.24) is 15.0 Å². The highest BCUT2D eigenvalue weighted by Gasteiger charge is 2.12. The van der Waals surface area contributed by atoms with Gasteiger partial charge in [0.15, 0.2) is 0 Å². The Morgan fingerprint density at radius 3 is 2.72 bits per heavy atom. The second-order valence-corrected chi connectivity index (χ2v) is 4.38. The van der Waals surface area contributed by atoms with E-state index >= 15 is 0 Å². The summed E-state index contributed by atoms with van der Waals surface area (Å²) in [6.45, 7) is 0. The molecule has 1 aliphatic carbocycles. The summed E-state index contributed by atoms with van der Waals surface area (Å²) in [4.78, 5) is 10.3. The molecule has 1 N–H and O–H groups in total. The molecule has 0 unspecified atom stereocenters. The highest BCUT2D eigenvalue weighted by atomic mass is 16.4. The molecule has 0 aromatic carbocycles. The van der Waals surface area contributed by atoms with Gasteiger partial charge in [0.2, 0.25) is 0 Å². The first kappa shape index (κ1) is 12.5. The summed E-state index contributed by atoms with van der Waals surface area (Å²) in [5.41, 5.74) is 2.25. The van der Waals surface area contributed by atoms with Crippen LogP contribution in [0.15, 0.2) is 18.2 Å². The number of carboxylic acids is 1. The Morgan fingerprint density at radius 2 is 1.94 bits per heavy atom. The van der Waals surface area contributed by atoms with Crippen LogP contribution in [0, 0.1) is 0 Å². The molecular weight excluding hydrogens is 230 g/mol.